The average molecular weight is 307 g/mol. The molecule has 19 heavy (non-hydrogen) atoms. The molecule has 7 heteroatoms. The molecule has 0 spiro atoms. The van der Waals surface area contributed by atoms with Crippen LogP contribution in [0, 0.1) is 0 Å². The second-order valence-electron chi connectivity index (χ2n) is 4.24. The van der Waals surface area contributed by atoms with E-state index in [1.807, 2.05) is 6.07 Å². The van der Waals surface area contributed by atoms with Crippen LogP contribution in [0.5, 0.6) is 5.75 Å². The van der Waals surface area contributed by atoms with E-state index >= 15 is 0 Å². The van der Waals surface area contributed by atoms with Gasteiger partial charge in [-0.3, -0.25) is 0 Å². The van der Waals surface area contributed by atoms with E-state index in [-0.39, 0.29) is 5.75 Å². The van der Waals surface area contributed by atoms with Crippen LogP contribution in [-0.4, -0.2) is 46.2 Å². The minimum atomic E-state index is -3.15. The molecule has 0 atom stereocenters. The Hall–Kier alpha value is -0.820. The number of hydrogen-bond acceptors (Lipinski definition) is 4. The van der Waals surface area contributed by atoms with Gasteiger partial charge in [0.05, 0.1) is 17.9 Å². The Bertz CT molecular complexity index is 518. The molecule has 0 amide bonds. The van der Waals surface area contributed by atoms with Crippen LogP contribution in [0.15, 0.2) is 18.2 Å². The average Bonchev–Trinajstić information content (AvgIpc) is 2.34. The minimum absolute atomic E-state index is 0.0733. The van der Waals surface area contributed by atoms with Gasteiger partial charge in [-0.15, -0.1) is 0 Å². The molecule has 1 rings (SSSR count). The number of hydrogen-bond donors (Lipinski definition) is 1. The van der Waals surface area contributed by atoms with Crippen LogP contribution in [0.25, 0.3) is 0 Å². The molecule has 0 unspecified atom stereocenters. The van der Waals surface area contributed by atoms with Crippen LogP contribution in [0.4, 0.5) is 0 Å². The molecule has 0 heterocycles. The maximum Gasteiger partial charge on any atom is 0.214 e. The van der Waals surface area contributed by atoms with Crippen molar-refractivity contribution in [1.82, 2.24) is 9.62 Å². The predicted octanol–water partition coefficient (Wildman–Crippen LogP) is 1.33. The van der Waals surface area contributed by atoms with Gasteiger partial charge in [-0.05, 0) is 17.7 Å². The van der Waals surface area contributed by atoms with Crippen LogP contribution in [0.2, 0.25) is 5.02 Å². The number of nitrogens with one attached hydrogen (secondary N) is 1. The summed E-state index contributed by atoms with van der Waals surface area (Å²) >= 11 is 6.00. The van der Waals surface area contributed by atoms with Crippen molar-refractivity contribution < 1.29 is 13.2 Å². The molecule has 0 fully saturated rings. The Morgan fingerprint density at radius 2 is 2.05 bits per heavy atom. The van der Waals surface area contributed by atoms with Crippen molar-refractivity contribution >= 4 is 21.6 Å². The zero-order valence-corrected chi connectivity index (χ0v) is 12.9. The quantitative estimate of drug-likeness (QED) is 0.772. The maximum absolute atomic E-state index is 11.5. The van der Waals surface area contributed by atoms with Crippen molar-refractivity contribution in [2.45, 2.75) is 6.54 Å². The molecular formula is C12H19ClN2O3S. The summed E-state index contributed by atoms with van der Waals surface area (Å²) in [5.74, 6) is 0.699. The molecule has 5 nitrogen and oxygen atoms in total. The zero-order chi connectivity index (χ0) is 14.5. The van der Waals surface area contributed by atoms with Crippen molar-refractivity contribution in [3.05, 3.63) is 28.8 Å². The lowest BCUT2D eigenvalue weighted by Crippen LogP contribution is -2.31. The molecule has 1 N–H and O–H groups in total. The van der Waals surface area contributed by atoms with E-state index < -0.39 is 10.0 Å². The van der Waals surface area contributed by atoms with E-state index in [1.54, 1.807) is 19.2 Å². The lowest BCUT2D eigenvalue weighted by molar-refractivity contribution is 0.415. The fourth-order valence-corrected chi connectivity index (χ4v) is 2.48. The fraction of sp³-hybridized carbons (Fsp3) is 0.500. The number of nitrogens with zero attached hydrogens (tertiary/aromatic N) is 1. The zero-order valence-electron chi connectivity index (χ0n) is 11.3. The molecule has 0 aliphatic carbocycles. The van der Waals surface area contributed by atoms with E-state index in [0.717, 1.165) is 5.56 Å². The van der Waals surface area contributed by atoms with Crippen molar-refractivity contribution in [3.63, 3.8) is 0 Å². The van der Waals surface area contributed by atoms with Gasteiger partial charge >= 0.3 is 0 Å². The first-order chi connectivity index (χ1) is 8.86. The Balaban J connectivity index is 2.44. The number of halogens is 1. The van der Waals surface area contributed by atoms with E-state index in [2.05, 4.69) is 5.32 Å². The summed E-state index contributed by atoms with van der Waals surface area (Å²) in [6, 6.07) is 5.47. The van der Waals surface area contributed by atoms with Gasteiger partial charge in [0.1, 0.15) is 5.75 Å². The Morgan fingerprint density at radius 1 is 1.37 bits per heavy atom. The van der Waals surface area contributed by atoms with Gasteiger partial charge in [0, 0.05) is 27.2 Å². The van der Waals surface area contributed by atoms with Crippen molar-refractivity contribution in [2.75, 3.05) is 33.5 Å². The van der Waals surface area contributed by atoms with Gasteiger partial charge in [0.15, 0.2) is 0 Å². The Morgan fingerprint density at radius 3 is 2.58 bits per heavy atom. The Labute approximate surface area is 119 Å². The third kappa shape index (κ3) is 4.99. The first-order valence-electron chi connectivity index (χ1n) is 5.80. The third-order valence-corrected chi connectivity index (χ3v) is 4.77. The highest BCUT2D eigenvalue weighted by Gasteiger charge is 2.12. The molecule has 1 aromatic carbocycles. The summed E-state index contributed by atoms with van der Waals surface area (Å²) in [7, 11) is 1.47. The van der Waals surface area contributed by atoms with Gasteiger partial charge < -0.3 is 10.1 Å². The van der Waals surface area contributed by atoms with Crippen LogP contribution in [0.3, 0.4) is 0 Å². The Kier molecular flexibility index (Phi) is 6.06. The lowest BCUT2D eigenvalue weighted by Gasteiger charge is -2.12. The maximum atomic E-state index is 11.5. The van der Waals surface area contributed by atoms with E-state index in [1.165, 1.54) is 18.4 Å². The predicted molar refractivity (Wildman–Crippen MR) is 77.2 cm³/mol. The van der Waals surface area contributed by atoms with Crippen LogP contribution in [-0.2, 0) is 16.6 Å². The highest BCUT2D eigenvalue weighted by molar-refractivity contribution is 7.89. The third-order valence-electron chi connectivity index (χ3n) is 2.64. The summed E-state index contributed by atoms with van der Waals surface area (Å²) in [6.07, 6.45) is 0. The highest BCUT2D eigenvalue weighted by Crippen LogP contribution is 2.24. The molecule has 0 aliphatic rings. The smallest absolute Gasteiger partial charge is 0.214 e. The van der Waals surface area contributed by atoms with Gasteiger partial charge in [-0.1, -0.05) is 17.7 Å². The standard InChI is InChI=1S/C12H19ClN2O3S/c1-15(2)19(16,17)7-6-14-9-10-4-5-12(18-3)11(13)8-10/h4-5,8,14H,6-7,9H2,1-3H3. The topological polar surface area (TPSA) is 58.6 Å². The van der Waals surface area contributed by atoms with Gasteiger partial charge in [-0.2, -0.15) is 0 Å². The van der Waals surface area contributed by atoms with E-state index in [9.17, 15) is 8.42 Å². The van der Waals surface area contributed by atoms with Crippen molar-refractivity contribution in [3.8, 4) is 5.75 Å². The second kappa shape index (κ2) is 7.09. The molecule has 0 bridgehead atoms. The molecule has 0 saturated heterocycles. The summed E-state index contributed by atoms with van der Waals surface area (Å²) < 4.78 is 29.3. The number of benzene rings is 1. The summed E-state index contributed by atoms with van der Waals surface area (Å²) in [5, 5.41) is 3.62. The number of methoxy groups -OCH3 is 1. The van der Waals surface area contributed by atoms with Gasteiger partial charge in [-0.25, -0.2) is 12.7 Å². The molecule has 108 valence electrons. The van der Waals surface area contributed by atoms with E-state index in [4.69, 9.17) is 16.3 Å². The summed E-state index contributed by atoms with van der Waals surface area (Å²) in [5.41, 5.74) is 0.980. The minimum Gasteiger partial charge on any atom is -0.495 e. The molecule has 0 aliphatic heterocycles. The van der Waals surface area contributed by atoms with E-state index in [0.29, 0.717) is 23.9 Å². The molecular weight excluding hydrogens is 288 g/mol. The van der Waals surface area contributed by atoms with Crippen molar-refractivity contribution in [1.29, 1.82) is 0 Å². The SMILES string of the molecule is COc1ccc(CNCCS(=O)(=O)N(C)C)cc1Cl. The highest BCUT2D eigenvalue weighted by atomic mass is 35.5. The monoisotopic (exact) mass is 306 g/mol. The second-order valence-corrected chi connectivity index (χ2v) is 6.95. The first kappa shape index (κ1) is 16.2. The van der Waals surface area contributed by atoms with Gasteiger partial charge in [0.2, 0.25) is 10.0 Å². The largest absolute Gasteiger partial charge is 0.495 e. The molecule has 1 aromatic rings. The van der Waals surface area contributed by atoms with Gasteiger partial charge in [0.25, 0.3) is 0 Å². The fourth-order valence-electron chi connectivity index (χ4n) is 1.44. The van der Waals surface area contributed by atoms with Crippen LogP contribution < -0.4 is 10.1 Å². The summed E-state index contributed by atoms with van der Waals surface area (Å²) in [4.78, 5) is 0. The first-order valence-corrected chi connectivity index (χ1v) is 7.79. The van der Waals surface area contributed by atoms with Crippen molar-refractivity contribution in [2.24, 2.45) is 0 Å². The van der Waals surface area contributed by atoms with Crippen LogP contribution in [0.1, 0.15) is 5.56 Å². The molecule has 0 radical (unpaired) electrons. The number of rotatable bonds is 7. The summed E-state index contributed by atoms with van der Waals surface area (Å²) in [6.45, 7) is 0.955. The molecule has 0 aromatic heterocycles. The lowest BCUT2D eigenvalue weighted by atomic mass is 10.2. The number of ether oxygens (including phenoxy) is 1. The van der Waals surface area contributed by atoms with Crippen LogP contribution >= 0.6 is 11.6 Å². The number of sulfonamides is 1. The normalized spacial score (nSPS) is 11.8. The molecule has 0 saturated carbocycles.